The molecule has 19 heavy (non-hydrogen) atoms. The minimum atomic E-state index is 0.619. The van der Waals surface area contributed by atoms with Gasteiger partial charge in [-0.15, -0.1) is 11.8 Å². The quantitative estimate of drug-likeness (QED) is 0.862. The van der Waals surface area contributed by atoms with Gasteiger partial charge in [0, 0.05) is 10.6 Å². The lowest BCUT2D eigenvalue weighted by Crippen LogP contribution is -2.04. The molecule has 1 aromatic carbocycles. The molecule has 0 aliphatic heterocycles. The van der Waals surface area contributed by atoms with E-state index in [9.17, 15) is 5.26 Å². The van der Waals surface area contributed by atoms with Crippen molar-refractivity contribution in [2.75, 3.05) is 11.6 Å². The smallest absolute Gasteiger partial charge is 0.102 e. The Balaban J connectivity index is 2.18. The van der Waals surface area contributed by atoms with Crippen molar-refractivity contribution in [2.45, 2.75) is 18.4 Å². The molecule has 1 heterocycles. The lowest BCUT2D eigenvalue weighted by Gasteiger charge is -2.10. The highest BCUT2D eigenvalue weighted by Gasteiger charge is 2.07. The molecule has 0 radical (unpaired) electrons. The van der Waals surface area contributed by atoms with Crippen LogP contribution in [0.25, 0.3) is 0 Å². The van der Waals surface area contributed by atoms with E-state index in [1.165, 1.54) is 0 Å². The molecule has 2 rings (SSSR count). The number of anilines is 1. The van der Waals surface area contributed by atoms with E-state index < -0.39 is 0 Å². The van der Waals surface area contributed by atoms with Gasteiger partial charge >= 0.3 is 0 Å². The molecule has 4 heteroatoms. The third-order valence-corrected chi connectivity index (χ3v) is 3.54. The molecule has 1 aromatic heterocycles. The topological polar surface area (TPSA) is 48.7 Å². The van der Waals surface area contributed by atoms with Gasteiger partial charge in [-0.05, 0) is 37.4 Å². The summed E-state index contributed by atoms with van der Waals surface area (Å²) in [7, 11) is 0. The summed E-state index contributed by atoms with van der Waals surface area (Å²) in [5.74, 6) is 0. The molecule has 0 spiro atoms. The summed E-state index contributed by atoms with van der Waals surface area (Å²) < 4.78 is 0. The fourth-order valence-corrected chi connectivity index (χ4v) is 2.42. The van der Waals surface area contributed by atoms with Gasteiger partial charge in [-0.1, -0.05) is 12.1 Å². The average molecular weight is 269 g/mol. The number of pyridine rings is 1. The zero-order valence-electron chi connectivity index (χ0n) is 11.0. The normalized spacial score (nSPS) is 9.95. The first kappa shape index (κ1) is 13.4. The number of hydrogen-bond donors (Lipinski definition) is 1. The third kappa shape index (κ3) is 3.27. The Bertz CT molecular complexity index is 617. The number of aromatic nitrogens is 1. The van der Waals surface area contributed by atoms with Crippen molar-refractivity contribution in [3.05, 3.63) is 53.3 Å². The first-order chi connectivity index (χ1) is 9.24. The average Bonchev–Trinajstić information content (AvgIpc) is 2.44. The second-order valence-electron chi connectivity index (χ2n) is 4.12. The summed E-state index contributed by atoms with van der Waals surface area (Å²) in [6.07, 6.45) is 1.97. The maximum Gasteiger partial charge on any atom is 0.102 e. The molecule has 1 N–H and O–H groups in total. The van der Waals surface area contributed by atoms with E-state index in [4.69, 9.17) is 0 Å². The molecule has 3 nitrogen and oxygen atoms in total. The largest absolute Gasteiger partial charge is 0.378 e. The predicted octanol–water partition coefficient (Wildman–Crippen LogP) is 3.60. The molecule has 0 amide bonds. The van der Waals surface area contributed by atoms with Gasteiger partial charge in [-0.2, -0.15) is 5.26 Å². The minimum absolute atomic E-state index is 0.619. The van der Waals surface area contributed by atoms with E-state index >= 15 is 0 Å². The number of hydrogen-bond acceptors (Lipinski definition) is 4. The molecule has 0 atom stereocenters. The SMILES string of the molecule is CSc1cccc(NCc2cccc(C)n2)c1C#N. The van der Waals surface area contributed by atoms with E-state index in [1.54, 1.807) is 11.8 Å². The number of aryl methyl sites for hydroxylation is 1. The molecule has 0 aliphatic rings. The van der Waals surface area contributed by atoms with Gasteiger partial charge in [0.15, 0.2) is 0 Å². The van der Waals surface area contributed by atoms with Crippen LogP contribution >= 0.6 is 11.8 Å². The molecule has 0 bridgehead atoms. The Kier molecular flexibility index (Phi) is 4.43. The van der Waals surface area contributed by atoms with Crippen LogP contribution in [0.1, 0.15) is 17.0 Å². The molecular formula is C15H15N3S. The van der Waals surface area contributed by atoms with Crippen molar-refractivity contribution in [3.63, 3.8) is 0 Å². The van der Waals surface area contributed by atoms with Gasteiger partial charge in [0.05, 0.1) is 23.5 Å². The maximum absolute atomic E-state index is 9.25. The molecule has 0 fully saturated rings. The first-order valence-corrected chi connectivity index (χ1v) is 7.20. The van der Waals surface area contributed by atoms with Gasteiger partial charge in [-0.25, -0.2) is 0 Å². The van der Waals surface area contributed by atoms with Crippen molar-refractivity contribution in [3.8, 4) is 6.07 Å². The number of rotatable bonds is 4. The number of nitrogens with one attached hydrogen (secondary N) is 1. The molecule has 0 unspecified atom stereocenters. The van der Waals surface area contributed by atoms with Crippen LogP contribution in [0.15, 0.2) is 41.3 Å². The summed E-state index contributed by atoms with van der Waals surface area (Å²) in [5.41, 5.74) is 3.52. The highest BCUT2D eigenvalue weighted by atomic mass is 32.2. The highest BCUT2D eigenvalue weighted by molar-refractivity contribution is 7.98. The zero-order valence-corrected chi connectivity index (χ0v) is 11.8. The van der Waals surface area contributed by atoms with Gasteiger partial charge < -0.3 is 5.32 Å². The fourth-order valence-electron chi connectivity index (χ4n) is 1.85. The van der Waals surface area contributed by atoms with E-state index in [2.05, 4.69) is 16.4 Å². The van der Waals surface area contributed by atoms with Gasteiger partial charge in [0.25, 0.3) is 0 Å². The third-order valence-electron chi connectivity index (χ3n) is 2.76. The number of benzene rings is 1. The zero-order chi connectivity index (χ0) is 13.7. The predicted molar refractivity (Wildman–Crippen MR) is 79.2 cm³/mol. The highest BCUT2D eigenvalue weighted by Crippen LogP contribution is 2.26. The Morgan fingerprint density at radius 2 is 2.05 bits per heavy atom. The van der Waals surface area contributed by atoms with E-state index in [0.717, 1.165) is 22.0 Å². The Labute approximate surface area is 117 Å². The van der Waals surface area contributed by atoms with Crippen molar-refractivity contribution >= 4 is 17.4 Å². The molecular weight excluding hydrogens is 254 g/mol. The molecule has 0 saturated heterocycles. The molecule has 0 aliphatic carbocycles. The van der Waals surface area contributed by atoms with Gasteiger partial charge in [0.2, 0.25) is 0 Å². The summed E-state index contributed by atoms with van der Waals surface area (Å²) >= 11 is 1.58. The van der Waals surface area contributed by atoms with Crippen LogP contribution in [0.4, 0.5) is 5.69 Å². The second-order valence-corrected chi connectivity index (χ2v) is 4.97. The van der Waals surface area contributed by atoms with Crippen molar-refractivity contribution in [2.24, 2.45) is 0 Å². The standard InChI is InChI=1S/C15H15N3S/c1-11-5-3-6-12(18-11)10-17-14-7-4-8-15(19-2)13(14)9-16/h3-8,17H,10H2,1-2H3. The molecule has 96 valence electrons. The Morgan fingerprint density at radius 3 is 2.74 bits per heavy atom. The van der Waals surface area contributed by atoms with Crippen LogP contribution in [0.2, 0.25) is 0 Å². The Morgan fingerprint density at radius 1 is 1.26 bits per heavy atom. The number of thioether (sulfide) groups is 1. The van der Waals surface area contributed by atoms with Crippen LogP contribution in [0, 0.1) is 18.3 Å². The lowest BCUT2D eigenvalue weighted by atomic mass is 10.2. The van der Waals surface area contributed by atoms with Crippen LogP contribution < -0.4 is 5.32 Å². The van der Waals surface area contributed by atoms with Gasteiger partial charge in [0.1, 0.15) is 6.07 Å². The van der Waals surface area contributed by atoms with E-state index in [1.807, 2.05) is 49.6 Å². The minimum Gasteiger partial charge on any atom is -0.378 e. The first-order valence-electron chi connectivity index (χ1n) is 5.98. The molecule has 0 saturated carbocycles. The van der Waals surface area contributed by atoms with Crippen LogP contribution in [-0.2, 0) is 6.54 Å². The number of nitriles is 1. The summed E-state index contributed by atoms with van der Waals surface area (Å²) in [6.45, 7) is 2.59. The van der Waals surface area contributed by atoms with Crippen LogP contribution in [-0.4, -0.2) is 11.2 Å². The Hall–Kier alpha value is -1.99. The second kappa shape index (κ2) is 6.26. The fraction of sp³-hybridized carbons (Fsp3) is 0.200. The van der Waals surface area contributed by atoms with E-state index in [-0.39, 0.29) is 0 Å². The van der Waals surface area contributed by atoms with E-state index in [0.29, 0.717) is 12.1 Å². The van der Waals surface area contributed by atoms with Crippen molar-refractivity contribution in [1.29, 1.82) is 5.26 Å². The maximum atomic E-state index is 9.25. The lowest BCUT2D eigenvalue weighted by molar-refractivity contribution is 1.01. The summed E-state index contributed by atoms with van der Waals surface area (Å²) in [6, 6.07) is 14.0. The van der Waals surface area contributed by atoms with Crippen molar-refractivity contribution < 1.29 is 0 Å². The number of nitrogens with zero attached hydrogens (tertiary/aromatic N) is 2. The monoisotopic (exact) mass is 269 g/mol. The van der Waals surface area contributed by atoms with Crippen LogP contribution in [0.3, 0.4) is 0 Å². The summed E-state index contributed by atoms with van der Waals surface area (Å²) in [4.78, 5) is 5.43. The summed E-state index contributed by atoms with van der Waals surface area (Å²) in [5, 5.41) is 12.5. The van der Waals surface area contributed by atoms with Crippen LogP contribution in [0.5, 0.6) is 0 Å². The van der Waals surface area contributed by atoms with Crippen molar-refractivity contribution in [1.82, 2.24) is 4.98 Å². The molecule has 2 aromatic rings. The van der Waals surface area contributed by atoms with Gasteiger partial charge in [-0.3, -0.25) is 4.98 Å².